The first kappa shape index (κ1) is 14.2. The fourth-order valence-electron chi connectivity index (χ4n) is 2.22. The van der Waals surface area contributed by atoms with Crippen LogP contribution in [0.4, 0.5) is 0 Å². The van der Waals surface area contributed by atoms with E-state index in [1.165, 1.54) is 11.1 Å². The molecule has 1 aromatic carbocycles. The Hall–Kier alpha value is -1.19. The van der Waals surface area contributed by atoms with E-state index in [4.69, 9.17) is 0 Å². The molecule has 0 aliphatic heterocycles. The van der Waals surface area contributed by atoms with Gasteiger partial charge in [-0.1, -0.05) is 35.0 Å². The molecule has 100 valence electrons. The quantitative estimate of drug-likeness (QED) is 0.868. The molecule has 1 aromatic heterocycles. The number of nitrogens with zero attached hydrogens (tertiary/aromatic N) is 1. The minimum Gasteiger partial charge on any atom is -0.303 e. The second-order valence-corrected chi connectivity index (χ2v) is 5.60. The summed E-state index contributed by atoms with van der Waals surface area (Å²) in [5, 5.41) is 3.68. The van der Waals surface area contributed by atoms with Gasteiger partial charge in [0.05, 0.1) is 0 Å². The van der Waals surface area contributed by atoms with Gasteiger partial charge in [0.25, 0.3) is 0 Å². The molecule has 0 aliphatic rings. The molecule has 0 aliphatic carbocycles. The number of hydrogen-bond donors (Lipinski definition) is 1. The first-order valence-electron chi connectivity index (χ1n) is 6.62. The zero-order valence-electron chi connectivity index (χ0n) is 11.3. The fourth-order valence-corrected chi connectivity index (χ4v) is 2.64. The molecule has 2 rings (SSSR count). The highest BCUT2D eigenvalue weighted by Crippen LogP contribution is 2.24. The van der Waals surface area contributed by atoms with E-state index in [9.17, 15) is 0 Å². The maximum absolute atomic E-state index is 4.06. The summed E-state index contributed by atoms with van der Waals surface area (Å²) >= 11 is 3.53. The largest absolute Gasteiger partial charge is 0.303 e. The van der Waals surface area contributed by atoms with Crippen molar-refractivity contribution in [3.05, 3.63) is 64.4 Å². The van der Waals surface area contributed by atoms with Crippen LogP contribution < -0.4 is 5.32 Å². The van der Waals surface area contributed by atoms with Gasteiger partial charge in [0.15, 0.2) is 0 Å². The molecule has 0 amide bonds. The monoisotopic (exact) mass is 318 g/mol. The van der Waals surface area contributed by atoms with Crippen LogP contribution in [-0.4, -0.2) is 4.98 Å². The van der Waals surface area contributed by atoms with Crippen LogP contribution in [0.15, 0.2) is 53.3 Å². The third-order valence-corrected chi connectivity index (χ3v) is 3.81. The maximum atomic E-state index is 4.06. The Labute approximate surface area is 123 Å². The van der Waals surface area contributed by atoms with Gasteiger partial charge in [-0.05, 0) is 48.7 Å². The SMILES string of the molecule is CCC(N[C@@H](C)c1ccncc1)c1cccc(Br)c1. The summed E-state index contributed by atoms with van der Waals surface area (Å²) in [6.45, 7) is 4.40. The Kier molecular flexibility index (Phi) is 5.11. The van der Waals surface area contributed by atoms with Crippen molar-refractivity contribution in [2.24, 2.45) is 0 Å². The van der Waals surface area contributed by atoms with E-state index in [0.29, 0.717) is 12.1 Å². The van der Waals surface area contributed by atoms with E-state index < -0.39 is 0 Å². The predicted molar refractivity (Wildman–Crippen MR) is 83.0 cm³/mol. The molecule has 1 heterocycles. The van der Waals surface area contributed by atoms with Crippen molar-refractivity contribution in [3.63, 3.8) is 0 Å². The van der Waals surface area contributed by atoms with Crippen LogP contribution in [0, 0.1) is 0 Å². The molecular formula is C16H19BrN2. The highest BCUT2D eigenvalue weighted by atomic mass is 79.9. The molecule has 3 heteroatoms. The van der Waals surface area contributed by atoms with Gasteiger partial charge in [-0.2, -0.15) is 0 Å². The van der Waals surface area contributed by atoms with Gasteiger partial charge in [-0.15, -0.1) is 0 Å². The molecule has 0 radical (unpaired) electrons. The summed E-state index contributed by atoms with van der Waals surface area (Å²) in [4.78, 5) is 4.06. The normalized spacial score (nSPS) is 14.1. The number of aromatic nitrogens is 1. The minimum absolute atomic E-state index is 0.312. The van der Waals surface area contributed by atoms with E-state index in [1.54, 1.807) is 0 Å². The molecule has 2 nitrogen and oxygen atoms in total. The lowest BCUT2D eigenvalue weighted by Gasteiger charge is -2.23. The first-order chi connectivity index (χ1) is 9.20. The maximum Gasteiger partial charge on any atom is 0.0323 e. The summed E-state index contributed by atoms with van der Waals surface area (Å²) in [7, 11) is 0. The number of nitrogens with one attached hydrogen (secondary N) is 1. The van der Waals surface area contributed by atoms with Crippen molar-refractivity contribution in [1.29, 1.82) is 0 Å². The number of benzene rings is 1. The zero-order valence-corrected chi connectivity index (χ0v) is 12.9. The van der Waals surface area contributed by atoms with Gasteiger partial charge < -0.3 is 5.32 Å². The molecule has 0 spiro atoms. The van der Waals surface area contributed by atoms with Gasteiger partial charge >= 0.3 is 0 Å². The standard InChI is InChI=1S/C16H19BrN2/c1-3-16(14-5-4-6-15(17)11-14)19-12(2)13-7-9-18-10-8-13/h4-12,16,19H,3H2,1-2H3/t12-,16?/m0/s1. The van der Waals surface area contributed by atoms with Crippen molar-refractivity contribution in [2.75, 3.05) is 0 Å². The van der Waals surface area contributed by atoms with Crippen LogP contribution in [0.25, 0.3) is 0 Å². The highest BCUT2D eigenvalue weighted by molar-refractivity contribution is 9.10. The van der Waals surface area contributed by atoms with Gasteiger partial charge in [-0.3, -0.25) is 4.98 Å². The second kappa shape index (κ2) is 6.83. The van der Waals surface area contributed by atoms with E-state index >= 15 is 0 Å². The van der Waals surface area contributed by atoms with E-state index in [-0.39, 0.29) is 0 Å². The number of halogens is 1. The lowest BCUT2D eigenvalue weighted by Crippen LogP contribution is -2.24. The van der Waals surface area contributed by atoms with Crippen LogP contribution in [0.1, 0.15) is 43.5 Å². The van der Waals surface area contributed by atoms with Gasteiger partial charge in [-0.25, -0.2) is 0 Å². The summed E-state index contributed by atoms with van der Waals surface area (Å²) < 4.78 is 1.13. The summed E-state index contributed by atoms with van der Waals surface area (Å²) in [5.41, 5.74) is 2.58. The summed E-state index contributed by atoms with van der Waals surface area (Å²) in [6, 6.07) is 13.3. The summed E-state index contributed by atoms with van der Waals surface area (Å²) in [6.07, 6.45) is 4.74. The molecule has 0 fully saturated rings. The third-order valence-electron chi connectivity index (χ3n) is 3.32. The fraction of sp³-hybridized carbons (Fsp3) is 0.312. The Morgan fingerprint density at radius 1 is 1.16 bits per heavy atom. The smallest absolute Gasteiger partial charge is 0.0323 e. The first-order valence-corrected chi connectivity index (χ1v) is 7.41. The molecule has 1 unspecified atom stereocenters. The van der Waals surface area contributed by atoms with Crippen molar-refractivity contribution in [2.45, 2.75) is 32.4 Å². The molecule has 19 heavy (non-hydrogen) atoms. The van der Waals surface area contributed by atoms with Gasteiger partial charge in [0.2, 0.25) is 0 Å². The predicted octanol–water partition coefficient (Wildman–Crippen LogP) is 4.65. The number of pyridine rings is 1. The Balaban J connectivity index is 2.11. The minimum atomic E-state index is 0.312. The molecule has 0 saturated carbocycles. The molecular weight excluding hydrogens is 300 g/mol. The zero-order chi connectivity index (χ0) is 13.7. The Morgan fingerprint density at radius 3 is 2.53 bits per heavy atom. The average molecular weight is 319 g/mol. The topological polar surface area (TPSA) is 24.9 Å². The van der Waals surface area contributed by atoms with Gasteiger partial charge in [0, 0.05) is 29.0 Å². The van der Waals surface area contributed by atoms with Crippen molar-refractivity contribution < 1.29 is 0 Å². The van der Waals surface area contributed by atoms with Gasteiger partial charge in [0.1, 0.15) is 0 Å². The van der Waals surface area contributed by atoms with Crippen molar-refractivity contribution >= 4 is 15.9 Å². The lowest BCUT2D eigenvalue weighted by atomic mass is 10.0. The number of rotatable bonds is 5. The van der Waals surface area contributed by atoms with Crippen LogP contribution >= 0.6 is 15.9 Å². The van der Waals surface area contributed by atoms with E-state index in [2.05, 4.69) is 76.5 Å². The second-order valence-electron chi connectivity index (χ2n) is 4.68. The van der Waals surface area contributed by atoms with Crippen molar-refractivity contribution in [3.8, 4) is 0 Å². The molecule has 0 saturated heterocycles. The Morgan fingerprint density at radius 2 is 1.89 bits per heavy atom. The highest BCUT2D eigenvalue weighted by Gasteiger charge is 2.13. The number of hydrogen-bond acceptors (Lipinski definition) is 2. The summed E-state index contributed by atoms with van der Waals surface area (Å²) in [5.74, 6) is 0. The van der Waals surface area contributed by atoms with E-state index in [0.717, 1.165) is 10.9 Å². The average Bonchev–Trinajstić information content (AvgIpc) is 2.45. The van der Waals surface area contributed by atoms with Crippen LogP contribution in [-0.2, 0) is 0 Å². The van der Waals surface area contributed by atoms with Crippen LogP contribution in [0.3, 0.4) is 0 Å². The Bertz CT molecular complexity index is 513. The molecule has 1 N–H and O–H groups in total. The lowest BCUT2D eigenvalue weighted by molar-refractivity contribution is 0.456. The van der Waals surface area contributed by atoms with E-state index in [1.807, 2.05) is 12.4 Å². The molecule has 0 bridgehead atoms. The molecule has 2 aromatic rings. The molecule has 2 atom stereocenters. The van der Waals surface area contributed by atoms with Crippen molar-refractivity contribution in [1.82, 2.24) is 10.3 Å². The van der Waals surface area contributed by atoms with Crippen LogP contribution in [0.2, 0.25) is 0 Å². The van der Waals surface area contributed by atoms with Crippen LogP contribution in [0.5, 0.6) is 0 Å². The third kappa shape index (κ3) is 3.88.